The fraction of sp³-hybridized carbons (Fsp3) is 0.429. The van der Waals surface area contributed by atoms with E-state index in [1.165, 1.54) is 0 Å². The molecule has 3 aromatic rings. The number of hydrogen-bond donors (Lipinski definition) is 1. The van der Waals surface area contributed by atoms with Crippen molar-refractivity contribution in [3.8, 4) is 22.9 Å². The molecule has 5 rings (SSSR count). The standard InChI is InChI=1S/C28H33Cl2N7O2/c1-35-6-8-37(9-7-35)28-32-16-24(17-33-28)39-27-12-20(18-36-4-2-19(3-5-36)11-26(31)38)10-25(34-27)21-13-22(29)15-23(30)14-21/h10,12-17,19H,2-9,11,18H2,1H3,(H2,31,38). The highest BCUT2D eigenvalue weighted by Crippen LogP contribution is 2.31. The molecule has 11 heteroatoms. The minimum atomic E-state index is -0.227. The van der Waals surface area contributed by atoms with Gasteiger partial charge < -0.3 is 20.3 Å². The lowest BCUT2D eigenvalue weighted by Crippen LogP contribution is -2.45. The van der Waals surface area contributed by atoms with Crippen LogP contribution in [0, 0.1) is 5.92 Å². The highest BCUT2D eigenvalue weighted by atomic mass is 35.5. The summed E-state index contributed by atoms with van der Waals surface area (Å²) in [6.07, 6.45) is 5.73. The molecular formula is C28H33Cl2N7O2. The lowest BCUT2D eigenvalue weighted by atomic mass is 9.93. The summed E-state index contributed by atoms with van der Waals surface area (Å²) in [5.41, 5.74) is 7.97. The van der Waals surface area contributed by atoms with Crippen molar-refractivity contribution in [1.82, 2.24) is 24.8 Å². The number of carbonyl (C=O) groups is 1. The van der Waals surface area contributed by atoms with E-state index in [1.54, 1.807) is 18.5 Å². The van der Waals surface area contributed by atoms with Crippen molar-refractivity contribution in [2.24, 2.45) is 11.7 Å². The van der Waals surface area contributed by atoms with E-state index in [9.17, 15) is 4.79 Å². The summed E-state index contributed by atoms with van der Waals surface area (Å²) in [6, 6.07) is 9.36. The Morgan fingerprint density at radius 3 is 2.28 bits per heavy atom. The van der Waals surface area contributed by atoms with Crippen LogP contribution in [0.15, 0.2) is 42.7 Å². The summed E-state index contributed by atoms with van der Waals surface area (Å²) < 4.78 is 6.15. The van der Waals surface area contributed by atoms with Gasteiger partial charge in [0, 0.05) is 60.8 Å². The number of hydrogen-bond acceptors (Lipinski definition) is 8. The average molecular weight is 571 g/mol. The van der Waals surface area contributed by atoms with Crippen LogP contribution in [-0.4, -0.2) is 77.0 Å². The number of nitrogens with two attached hydrogens (primary N) is 1. The number of likely N-dealkylation sites (tertiary alicyclic amines) is 1. The second-order valence-electron chi connectivity index (χ2n) is 10.4. The summed E-state index contributed by atoms with van der Waals surface area (Å²) in [4.78, 5) is 32.0. The van der Waals surface area contributed by atoms with Gasteiger partial charge in [-0.3, -0.25) is 9.69 Å². The predicted octanol–water partition coefficient (Wildman–Crippen LogP) is 4.48. The zero-order chi connectivity index (χ0) is 27.4. The van der Waals surface area contributed by atoms with Crippen LogP contribution in [0.25, 0.3) is 11.3 Å². The SMILES string of the molecule is CN1CCN(c2ncc(Oc3cc(CN4CCC(CC(N)=O)CC4)cc(-c4cc(Cl)cc(Cl)c4)n3)cn2)CC1. The first-order valence-electron chi connectivity index (χ1n) is 13.2. The van der Waals surface area contributed by atoms with Crippen LogP contribution >= 0.6 is 23.2 Å². The first kappa shape index (κ1) is 27.6. The second kappa shape index (κ2) is 12.5. The zero-order valence-corrected chi connectivity index (χ0v) is 23.5. The molecule has 206 valence electrons. The fourth-order valence-electron chi connectivity index (χ4n) is 5.10. The molecule has 2 aliphatic rings. The molecule has 0 bridgehead atoms. The van der Waals surface area contributed by atoms with Crippen LogP contribution in [0.2, 0.25) is 10.0 Å². The van der Waals surface area contributed by atoms with Gasteiger partial charge in [0.15, 0.2) is 5.75 Å². The van der Waals surface area contributed by atoms with Crippen LogP contribution in [0.3, 0.4) is 0 Å². The Bertz CT molecular complexity index is 1270. The lowest BCUT2D eigenvalue weighted by Gasteiger charge is -2.32. The van der Waals surface area contributed by atoms with Crippen molar-refractivity contribution in [2.45, 2.75) is 25.8 Å². The molecule has 1 aromatic carbocycles. The van der Waals surface area contributed by atoms with Crippen molar-refractivity contribution in [3.63, 3.8) is 0 Å². The third-order valence-corrected chi connectivity index (χ3v) is 7.68. The molecule has 1 amide bonds. The number of rotatable bonds is 8. The Balaban J connectivity index is 1.35. The van der Waals surface area contributed by atoms with Crippen molar-refractivity contribution in [1.29, 1.82) is 0 Å². The van der Waals surface area contributed by atoms with E-state index in [4.69, 9.17) is 38.7 Å². The molecule has 0 radical (unpaired) electrons. The highest BCUT2D eigenvalue weighted by Gasteiger charge is 2.22. The van der Waals surface area contributed by atoms with E-state index in [2.05, 4.69) is 31.7 Å². The van der Waals surface area contributed by atoms with E-state index in [0.717, 1.165) is 69.8 Å². The highest BCUT2D eigenvalue weighted by molar-refractivity contribution is 6.35. The Morgan fingerprint density at radius 1 is 0.974 bits per heavy atom. The molecular weight excluding hydrogens is 537 g/mol. The van der Waals surface area contributed by atoms with Gasteiger partial charge in [-0.05, 0) is 68.7 Å². The molecule has 0 saturated carbocycles. The number of benzene rings is 1. The number of piperazine rings is 1. The fourth-order valence-corrected chi connectivity index (χ4v) is 5.62. The largest absolute Gasteiger partial charge is 0.436 e. The number of anilines is 1. The summed E-state index contributed by atoms with van der Waals surface area (Å²) in [5, 5.41) is 1.08. The first-order chi connectivity index (χ1) is 18.8. The monoisotopic (exact) mass is 569 g/mol. The van der Waals surface area contributed by atoms with Gasteiger partial charge in [0.1, 0.15) is 0 Å². The number of halogens is 2. The molecule has 2 fully saturated rings. The number of primary amides is 1. The molecule has 2 aliphatic heterocycles. The van der Waals surface area contributed by atoms with Crippen molar-refractivity contribution in [3.05, 3.63) is 58.3 Å². The molecule has 2 N–H and O–H groups in total. The Hall–Kier alpha value is -2.98. The van der Waals surface area contributed by atoms with Crippen LogP contribution in [-0.2, 0) is 11.3 Å². The third-order valence-electron chi connectivity index (χ3n) is 7.25. The molecule has 4 heterocycles. The van der Waals surface area contributed by atoms with Crippen LogP contribution in [0.4, 0.5) is 5.95 Å². The van der Waals surface area contributed by atoms with Crippen molar-refractivity contribution >= 4 is 35.1 Å². The van der Waals surface area contributed by atoms with Gasteiger partial charge in [-0.25, -0.2) is 15.0 Å². The summed E-state index contributed by atoms with van der Waals surface area (Å²) in [6.45, 7) is 6.28. The Labute approximate surface area is 238 Å². The van der Waals surface area contributed by atoms with E-state index < -0.39 is 0 Å². The Morgan fingerprint density at radius 2 is 1.64 bits per heavy atom. The maximum Gasteiger partial charge on any atom is 0.225 e. The minimum absolute atomic E-state index is 0.227. The normalized spacial score (nSPS) is 17.4. The molecule has 2 aromatic heterocycles. The maximum atomic E-state index is 11.3. The van der Waals surface area contributed by atoms with Crippen LogP contribution in [0.5, 0.6) is 11.6 Å². The smallest absolute Gasteiger partial charge is 0.225 e. The summed E-state index contributed by atoms with van der Waals surface area (Å²) in [5.74, 6) is 1.78. The number of ether oxygens (including phenoxy) is 1. The molecule has 9 nitrogen and oxygen atoms in total. The van der Waals surface area contributed by atoms with E-state index in [0.29, 0.717) is 45.7 Å². The first-order valence-corrected chi connectivity index (χ1v) is 14.0. The zero-order valence-electron chi connectivity index (χ0n) is 22.0. The number of amides is 1. The van der Waals surface area contributed by atoms with Gasteiger partial charge in [-0.15, -0.1) is 0 Å². The quantitative estimate of drug-likeness (QED) is 0.424. The number of likely N-dealkylation sites (N-methyl/N-ethyl adjacent to an activating group) is 1. The number of piperidine rings is 1. The average Bonchev–Trinajstić information content (AvgIpc) is 2.90. The van der Waals surface area contributed by atoms with Gasteiger partial charge >= 0.3 is 0 Å². The van der Waals surface area contributed by atoms with Crippen molar-refractivity contribution < 1.29 is 9.53 Å². The van der Waals surface area contributed by atoms with Gasteiger partial charge in [-0.2, -0.15) is 0 Å². The van der Waals surface area contributed by atoms with Gasteiger partial charge in [0.05, 0.1) is 18.1 Å². The minimum Gasteiger partial charge on any atom is -0.436 e. The van der Waals surface area contributed by atoms with Crippen LogP contribution < -0.4 is 15.4 Å². The van der Waals surface area contributed by atoms with Gasteiger partial charge in [0.2, 0.25) is 17.7 Å². The molecule has 0 unspecified atom stereocenters. The van der Waals surface area contributed by atoms with E-state index >= 15 is 0 Å². The topological polar surface area (TPSA) is 101 Å². The summed E-state index contributed by atoms with van der Waals surface area (Å²) in [7, 11) is 2.12. The molecule has 0 aliphatic carbocycles. The van der Waals surface area contributed by atoms with Crippen molar-refractivity contribution in [2.75, 3.05) is 51.2 Å². The summed E-state index contributed by atoms with van der Waals surface area (Å²) >= 11 is 12.6. The maximum absolute atomic E-state index is 11.3. The third kappa shape index (κ3) is 7.57. The van der Waals surface area contributed by atoms with Crippen LogP contribution in [0.1, 0.15) is 24.8 Å². The number of carbonyl (C=O) groups excluding carboxylic acids is 1. The van der Waals surface area contributed by atoms with E-state index in [1.807, 2.05) is 24.3 Å². The van der Waals surface area contributed by atoms with Gasteiger partial charge in [0.25, 0.3) is 0 Å². The lowest BCUT2D eigenvalue weighted by molar-refractivity contribution is -0.119. The number of aromatic nitrogens is 3. The van der Waals surface area contributed by atoms with E-state index in [-0.39, 0.29) is 5.91 Å². The molecule has 0 atom stereocenters. The second-order valence-corrected chi connectivity index (χ2v) is 11.2. The van der Waals surface area contributed by atoms with Gasteiger partial charge in [-0.1, -0.05) is 23.2 Å². The molecule has 0 spiro atoms. The molecule has 2 saturated heterocycles. The Kier molecular flexibility index (Phi) is 8.82. The molecule has 39 heavy (non-hydrogen) atoms. The number of pyridine rings is 1. The predicted molar refractivity (Wildman–Crippen MR) is 153 cm³/mol. The number of nitrogens with zero attached hydrogens (tertiary/aromatic N) is 6.